The smallest absolute Gasteiger partial charge is 0.258 e. The summed E-state index contributed by atoms with van der Waals surface area (Å²) in [4.78, 5) is 14.7. The van der Waals surface area contributed by atoms with Gasteiger partial charge in [-0.3, -0.25) is 9.48 Å². The molecule has 1 amide bonds. The van der Waals surface area contributed by atoms with Gasteiger partial charge < -0.3 is 9.64 Å². The van der Waals surface area contributed by atoms with E-state index in [9.17, 15) is 9.18 Å². The van der Waals surface area contributed by atoms with E-state index in [1.54, 1.807) is 15.6 Å². The molecule has 128 valence electrons. The van der Waals surface area contributed by atoms with Gasteiger partial charge in [-0.1, -0.05) is 0 Å². The van der Waals surface area contributed by atoms with Gasteiger partial charge in [-0.05, 0) is 32.0 Å². The van der Waals surface area contributed by atoms with Crippen LogP contribution in [0.3, 0.4) is 0 Å². The first-order valence-electron chi connectivity index (χ1n) is 7.81. The molecule has 3 rings (SSSR count). The largest absolute Gasteiger partial charge is 0.491 e. The van der Waals surface area contributed by atoms with Gasteiger partial charge in [0.2, 0.25) is 0 Å². The predicted octanol–water partition coefficient (Wildman–Crippen LogP) is 2.91. The van der Waals surface area contributed by atoms with Crippen LogP contribution in [0.5, 0.6) is 5.75 Å². The number of halogens is 2. The fourth-order valence-corrected chi connectivity index (χ4v) is 3.16. The van der Waals surface area contributed by atoms with Gasteiger partial charge in [0.1, 0.15) is 18.2 Å². The Morgan fingerprint density at radius 1 is 1.42 bits per heavy atom. The van der Waals surface area contributed by atoms with E-state index >= 15 is 0 Å². The third kappa shape index (κ3) is 3.11. The zero-order valence-corrected chi connectivity index (χ0v) is 14.4. The summed E-state index contributed by atoms with van der Waals surface area (Å²) in [6, 6.07) is 4.38. The fourth-order valence-electron chi connectivity index (χ4n) is 3.00. The highest BCUT2D eigenvalue weighted by atomic mass is 35.5. The van der Waals surface area contributed by atoms with Crippen LogP contribution in [0.2, 0.25) is 0 Å². The van der Waals surface area contributed by atoms with Gasteiger partial charge >= 0.3 is 0 Å². The van der Waals surface area contributed by atoms with Gasteiger partial charge in [0.05, 0.1) is 24.3 Å². The summed E-state index contributed by atoms with van der Waals surface area (Å²) in [5.41, 5.74) is 2.72. The number of nitrogens with zero attached hydrogens (tertiary/aromatic N) is 3. The Kier molecular flexibility index (Phi) is 4.76. The highest BCUT2D eigenvalue weighted by Crippen LogP contribution is 2.26. The molecule has 0 N–H and O–H groups in total. The molecule has 1 aliphatic heterocycles. The van der Waals surface area contributed by atoms with E-state index in [4.69, 9.17) is 16.3 Å². The molecule has 0 saturated heterocycles. The molecule has 5 nitrogen and oxygen atoms in total. The minimum atomic E-state index is -0.339. The zero-order chi connectivity index (χ0) is 17.3. The number of amides is 1. The Bertz CT molecular complexity index is 775. The molecule has 0 fully saturated rings. The third-order valence-electron chi connectivity index (χ3n) is 4.18. The van der Waals surface area contributed by atoms with Crippen LogP contribution in [0, 0.1) is 19.7 Å². The van der Waals surface area contributed by atoms with E-state index in [0.717, 1.165) is 5.69 Å². The first-order chi connectivity index (χ1) is 11.5. The van der Waals surface area contributed by atoms with Crippen molar-refractivity contribution < 1.29 is 13.9 Å². The lowest BCUT2D eigenvalue weighted by Crippen LogP contribution is -2.33. The summed E-state index contributed by atoms with van der Waals surface area (Å²) >= 11 is 5.78. The van der Waals surface area contributed by atoms with Crippen molar-refractivity contribution >= 4 is 17.5 Å². The summed E-state index contributed by atoms with van der Waals surface area (Å²) in [7, 11) is 0. The van der Waals surface area contributed by atoms with Crippen molar-refractivity contribution in [1.29, 1.82) is 0 Å². The van der Waals surface area contributed by atoms with Gasteiger partial charge in [-0.25, -0.2) is 4.39 Å². The molecule has 7 heteroatoms. The van der Waals surface area contributed by atoms with E-state index in [1.807, 2.05) is 13.8 Å². The molecule has 0 saturated carbocycles. The minimum absolute atomic E-state index is 0.119. The molecule has 0 unspecified atom stereocenters. The summed E-state index contributed by atoms with van der Waals surface area (Å²) < 4.78 is 20.9. The van der Waals surface area contributed by atoms with Gasteiger partial charge in [-0.15, -0.1) is 11.6 Å². The third-order valence-corrected chi connectivity index (χ3v) is 4.35. The molecule has 0 atom stereocenters. The van der Waals surface area contributed by atoms with Crippen molar-refractivity contribution in [3.05, 3.63) is 46.5 Å². The van der Waals surface area contributed by atoms with Crippen molar-refractivity contribution in [1.82, 2.24) is 14.7 Å². The lowest BCUT2D eigenvalue weighted by Gasteiger charge is -2.20. The molecule has 2 heterocycles. The Labute approximate surface area is 145 Å². The van der Waals surface area contributed by atoms with Crippen molar-refractivity contribution in [2.75, 3.05) is 19.0 Å². The number of carbonyl (C=O) groups is 1. The standard InChI is InChI=1S/C17H19ClFN3O2/c1-11-16(12(2)22(20-11)6-5-18)17(23)21-7-8-24-15-4-3-14(19)9-13(15)10-21/h3-4,9H,5-8,10H2,1-2H3. The Hall–Kier alpha value is -2.08. The maximum absolute atomic E-state index is 13.5. The summed E-state index contributed by atoms with van der Waals surface area (Å²) in [6.07, 6.45) is 0. The molecular formula is C17H19ClFN3O2. The number of benzene rings is 1. The second-order valence-corrected chi connectivity index (χ2v) is 6.16. The van der Waals surface area contributed by atoms with Crippen LogP contribution in [0.1, 0.15) is 27.3 Å². The number of hydrogen-bond acceptors (Lipinski definition) is 3. The summed E-state index contributed by atoms with van der Waals surface area (Å²) in [5.74, 6) is 0.596. The normalized spacial score (nSPS) is 14.1. The van der Waals surface area contributed by atoms with Crippen LogP contribution >= 0.6 is 11.6 Å². The van der Waals surface area contributed by atoms with Crippen LogP contribution in [0.4, 0.5) is 4.39 Å². The number of rotatable bonds is 3. The number of fused-ring (bicyclic) bond motifs is 1. The number of carbonyl (C=O) groups excluding carboxylic acids is 1. The van der Waals surface area contributed by atoms with Gasteiger partial charge in [-0.2, -0.15) is 5.10 Å². The second-order valence-electron chi connectivity index (χ2n) is 5.79. The lowest BCUT2D eigenvalue weighted by atomic mass is 10.1. The van der Waals surface area contributed by atoms with Gasteiger partial charge in [0.25, 0.3) is 5.91 Å². The quantitative estimate of drug-likeness (QED) is 0.799. The highest BCUT2D eigenvalue weighted by Gasteiger charge is 2.26. The van der Waals surface area contributed by atoms with Crippen molar-refractivity contribution in [2.24, 2.45) is 0 Å². The topological polar surface area (TPSA) is 47.4 Å². The van der Waals surface area contributed by atoms with E-state index in [-0.39, 0.29) is 11.7 Å². The predicted molar refractivity (Wildman–Crippen MR) is 89.1 cm³/mol. The fraction of sp³-hybridized carbons (Fsp3) is 0.412. The molecule has 0 radical (unpaired) electrons. The molecule has 0 spiro atoms. The van der Waals surface area contributed by atoms with Gasteiger partial charge in [0.15, 0.2) is 0 Å². The van der Waals surface area contributed by atoms with Crippen LogP contribution in [-0.4, -0.2) is 39.6 Å². The molecular weight excluding hydrogens is 333 g/mol. The molecule has 1 aliphatic rings. The highest BCUT2D eigenvalue weighted by molar-refractivity contribution is 6.17. The van der Waals surface area contributed by atoms with Crippen LogP contribution in [0.15, 0.2) is 18.2 Å². The maximum atomic E-state index is 13.5. The van der Waals surface area contributed by atoms with Gasteiger partial charge in [0, 0.05) is 23.7 Å². The summed E-state index contributed by atoms with van der Waals surface area (Å²) in [6.45, 7) is 5.35. The average Bonchev–Trinajstić information content (AvgIpc) is 2.72. The SMILES string of the molecule is Cc1nn(CCCl)c(C)c1C(=O)N1CCOc2ccc(F)cc2C1. The van der Waals surface area contributed by atoms with Crippen molar-refractivity contribution in [2.45, 2.75) is 26.9 Å². The number of hydrogen-bond donors (Lipinski definition) is 0. The molecule has 0 aliphatic carbocycles. The number of aromatic nitrogens is 2. The van der Waals surface area contributed by atoms with Crippen LogP contribution in [0.25, 0.3) is 0 Å². The molecule has 1 aromatic carbocycles. The monoisotopic (exact) mass is 351 g/mol. The first kappa shape index (κ1) is 16.8. The van der Waals surface area contributed by atoms with Crippen LogP contribution < -0.4 is 4.74 Å². The number of alkyl halides is 1. The van der Waals surface area contributed by atoms with Crippen molar-refractivity contribution in [3.63, 3.8) is 0 Å². The number of ether oxygens (including phenoxy) is 1. The summed E-state index contributed by atoms with van der Waals surface area (Å²) in [5, 5.41) is 4.39. The average molecular weight is 352 g/mol. The molecule has 1 aromatic heterocycles. The molecule has 0 bridgehead atoms. The first-order valence-corrected chi connectivity index (χ1v) is 8.35. The molecule has 2 aromatic rings. The van der Waals surface area contributed by atoms with Crippen molar-refractivity contribution in [3.8, 4) is 5.75 Å². The van der Waals surface area contributed by atoms with Crippen LogP contribution in [-0.2, 0) is 13.1 Å². The maximum Gasteiger partial charge on any atom is 0.258 e. The van der Waals surface area contributed by atoms with E-state index in [0.29, 0.717) is 54.7 Å². The Morgan fingerprint density at radius 3 is 2.96 bits per heavy atom. The lowest BCUT2D eigenvalue weighted by molar-refractivity contribution is 0.0731. The van der Waals surface area contributed by atoms with E-state index < -0.39 is 0 Å². The van der Waals surface area contributed by atoms with E-state index in [1.165, 1.54) is 12.1 Å². The second kappa shape index (κ2) is 6.81. The minimum Gasteiger partial charge on any atom is -0.491 e. The number of aryl methyl sites for hydroxylation is 2. The Balaban J connectivity index is 1.90. The van der Waals surface area contributed by atoms with E-state index in [2.05, 4.69) is 5.10 Å². The Morgan fingerprint density at radius 2 is 2.21 bits per heavy atom. The molecule has 24 heavy (non-hydrogen) atoms. The zero-order valence-electron chi connectivity index (χ0n) is 13.7.